The normalized spacial score (nSPS) is 9.88. The van der Waals surface area contributed by atoms with E-state index in [9.17, 15) is 24.5 Å². The number of aliphatic carboxylic acids is 1. The molecule has 0 atom stereocenters. The highest BCUT2D eigenvalue weighted by Crippen LogP contribution is 2.25. The van der Waals surface area contributed by atoms with E-state index in [4.69, 9.17) is 5.11 Å². The second kappa shape index (κ2) is 9.08. The molecule has 1 aromatic carbocycles. The molecule has 0 bridgehead atoms. The monoisotopic (exact) mass is 339 g/mol. The maximum atomic E-state index is 11.9. The van der Waals surface area contributed by atoms with Crippen molar-refractivity contribution >= 4 is 29.2 Å². The van der Waals surface area contributed by atoms with Crippen LogP contribution in [0.4, 0.5) is 11.4 Å². The van der Waals surface area contributed by atoms with E-state index in [0.29, 0.717) is 6.42 Å². The summed E-state index contributed by atoms with van der Waals surface area (Å²) < 4.78 is 4.38. The van der Waals surface area contributed by atoms with Crippen LogP contribution in [0, 0.1) is 10.1 Å². The third kappa shape index (κ3) is 5.91. The molecule has 0 aliphatic heterocycles. The Bertz CT molecular complexity index is 645. The number of carboxylic acids is 1. The van der Waals surface area contributed by atoms with Crippen molar-refractivity contribution in [2.45, 2.75) is 12.8 Å². The minimum Gasteiger partial charge on any atom is -0.481 e. The minimum atomic E-state index is -0.955. The number of benzene rings is 1. The third-order valence-corrected chi connectivity index (χ3v) is 2.96. The van der Waals surface area contributed by atoms with Gasteiger partial charge in [-0.05, 0) is 18.6 Å². The van der Waals surface area contributed by atoms with Gasteiger partial charge in [0.05, 0.1) is 12.0 Å². The number of nitro benzene ring substituents is 1. The first-order valence-electron chi connectivity index (χ1n) is 6.94. The minimum absolute atomic E-state index is 0.0155. The van der Waals surface area contributed by atoms with Crippen molar-refractivity contribution in [2.75, 3.05) is 25.5 Å². The predicted octanol–water partition coefficient (Wildman–Crippen LogP) is 0.774. The van der Waals surface area contributed by atoms with Gasteiger partial charge in [0.1, 0.15) is 12.2 Å². The molecular formula is C14H17N3O7. The molecule has 0 fully saturated rings. The van der Waals surface area contributed by atoms with Crippen LogP contribution in [0.1, 0.15) is 23.2 Å². The van der Waals surface area contributed by atoms with Gasteiger partial charge in [-0.3, -0.25) is 24.5 Å². The molecule has 0 saturated heterocycles. The number of carbonyl (C=O) groups excluding carboxylic acids is 2. The van der Waals surface area contributed by atoms with Crippen LogP contribution in [0.5, 0.6) is 0 Å². The number of rotatable bonds is 9. The molecule has 0 aliphatic rings. The molecule has 3 N–H and O–H groups in total. The largest absolute Gasteiger partial charge is 0.481 e. The Balaban J connectivity index is 2.79. The number of ether oxygens (including phenoxy) is 1. The van der Waals surface area contributed by atoms with Crippen molar-refractivity contribution in [3.8, 4) is 0 Å². The van der Waals surface area contributed by atoms with E-state index in [0.717, 1.165) is 6.07 Å². The fraction of sp³-hybridized carbons (Fsp3) is 0.357. The fourth-order valence-corrected chi connectivity index (χ4v) is 1.76. The number of amides is 1. The summed E-state index contributed by atoms with van der Waals surface area (Å²) in [4.78, 5) is 43.7. The molecule has 0 saturated carbocycles. The Hall–Kier alpha value is -3.17. The smallest absolute Gasteiger partial charge is 0.325 e. The lowest BCUT2D eigenvalue weighted by molar-refractivity contribution is -0.384. The molecular weight excluding hydrogens is 322 g/mol. The van der Waals surface area contributed by atoms with Gasteiger partial charge >= 0.3 is 11.9 Å². The van der Waals surface area contributed by atoms with E-state index in [2.05, 4.69) is 15.4 Å². The number of esters is 1. The average molecular weight is 339 g/mol. The molecule has 0 unspecified atom stereocenters. The topological polar surface area (TPSA) is 148 Å². The summed E-state index contributed by atoms with van der Waals surface area (Å²) in [5.41, 5.74) is -0.132. The summed E-state index contributed by atoms with van der Waals surface area (Å²) in [5.74, 6) is -2.25. The molecule has 24 heavy (non-hydrogen) atoms. The molecule has 0 spiro atoms. The molecule has 0 radical (unpaired) electrons. The van der Waals surface area contributed by atoms with Gasteiger partial charge in [-0.1, -0.05) is 0 Å². The van der Waals surface area contributed by atoms with E-state index in [1.807, 2.05) is 0 Å². The zero-order valence-electron chi connectivity index (χ0n) is 12.9. The van der Waals surface area contributed by atoms with Crippen LogP contribution in [0.2, 0.25) is 0 Å². The van der Waals surface area contributed by atoms with E-state index in [1.165, 1.54) is 19.2 Å². The zero-order chi connectivity index (χ0) is 18.1. The van der Waals surface area contributed by atoms with Gasteiger partial charge in [0.2, 0.25) is 0 Å². The quantitative estimate of drug-likeness (QED) is 0.259. The number of methoxy groups -OCH3 is 1. The second-order valence-corrected chi connectivity index (χ2v) is 4.67. The highest BCUT2D eigenvalue weighted by Gasteiger charge is 2.18. The van der Waals surface area contributed by atoms with E-state index >= 15 is 0 Å². The number of nitrogens with one attached hydrogen (secondary N) is 2. The van der Waals surface area contributed by atoms with Crippen molar-refractivity contribution in [2.24, 2.45) is 0 Å². The highest BCUT2D eigenvalue weighted by molar-refractivity contribution is 5.97. The fourth-order valence-electron chi connectivity index (χ4n) is 1.76. The SMILES string of the molecule is COC(=O)CNC(=O)c1ccc(NCCCC(=O)O)c([N+](=O)[O-])c1. The van der Waals surface area contributed by atoms with Crippen LogP contribution >= 0.6 is 0 Å². The third-order valence-electron chi connectivity index (χ3n) is 2.96. The van der Waals surface area contributed by atoms with Gasteiger partial charge in [0, 0.05) is 24.6 Å². The van der Waals surface area contributed by atoms with Gasteiger partial charge in [-0.15, -0.1) is 0 Å². The molecule has 10 heteroatoms. The molecule has 1 aromatic rings. The number of carboxylic acid groups (broad SMARTS) is 1. The van der Waals surface area contributed by atoms with Crippen molar-refractivity contribution in [1.82, 2.24) is 5.32 Å². The standard InChI is InChI=1S/C14H17N3O7/c1-24-13(20)8-16-14(21)9-4-5-10(11(7-9)17(22)23)15-6-2-3-12(18)19/h4-5,7,15H,2-3,6,8H2,1H3,(H,16,21)(H,18,19). The molecule has 1 amide bonds. The van der Waals surface area contributed by atoms with Gasteiger partial charge in [0.25, 0.3) is 11.6 Å². The zero-order valence-corrected chi connectivity index (χ0v) is 12.9. The number of nitrogens with zero attached hydrogens (tertiary/aromatic N) is 1. The summed E-state index contributed by atoms with van der Waals surface area (Å²) in [7, 11) is 1.17. The van der Waals surface area contributed by atoms with Gasteiger partial charge in [0.15, 0.2) is 0 Å². The summed E-state index contributed by atoms with van der Waals surface area (Å²) >= 11 is 0. The summed E-state index contributed by atoms with van der Waals surface area (Å²) in [6.45, 7) is -0.112. The van der Waals surface area contributed by atoms with Crippen LogP contribution in [0.3, 0.4) is 0 Å². The van der Waals surface area contributed by atoms with Crippen LogP contribution in [-0.4, -0.2) is 48.1 Å². The highest BCUT2D eigenvalue weighted by atomic mass is 16.6. The number of nitro groups is 1. The lowest BCUT2D eigenvalue weighted by Crippen LogP contribution is -2.30. The van der Waals surface area contributed by atoms with Crippen molar-refractivity contribution in [3.05, 3.63) is 33.9 Å². The first kappa shape index (κ1) is 18.9. The summed E-state index contributed by atoms with van der Waals surface area (Å²) in [6.07, 6.45) is 0.239. The molecule has 0 heterocycles. The van der Waals surface area contributed by atoms with Crippen LogP contribution in [0.25, 0.3) is 0 Å². The van der Waals surface area contributed by atoms with Gasteiger partial charge in [-0.2, -0.15) is 0 Å². The number of anilines is 1. The lowest BCUT2D eigenvalue weighted by atomic mass is 10.1. The van der Waals surface area contributed by atoms with Crippen molar-refractivity contribution in [1.29, 1.82) is 0 Å². The molecule has 1 rings (SSSR count). The Morgan fingerprint density at radius 3 is 2.62 bits per heavy atom. The van der Waals surface area contributed by atoms with Gasteiger partial charge < -0.3 is 20.5 Å². The van der Waals surface area contributed by atoms with E-state index < -0.39 is 22.8 Å². The van der Waals surface area contributed by atoms with E-state index in [1.54, 1.807) is 0 Å². The predicted molar refractivity (Wildman–Crippen MR) is 82.8 cm³/mol. The van der Waals surface area contributed by atoms with Crippen LogP contribution in [0.15, 0.2) is 18.2 Å². The average Bonchev–Trinajstić information content (AvgIpc) is 2.55. The summed E-state index contributed by atoms with van der Waals surface area (Å²) in [6, 6.07) is 3.79. The number of hydrogen-bond acceptors (Lipinski definition) is 7. The molecule has 10 nitrogen and oxygen atoms in total. The van der Waals surface area contributed by atoms with Crippen LogP contribution < -0.4 is 10.6 Å². The molecule has 130 valence electrons. The Morgan fingerprint density at radius 2 is 2.04 bits per heavy atom. The first-order valence-corrected chi connectivity index (χ1v) is 6.94. The van der Waals surface area contributed by atoms with Gasteiger partial charge in [-0.25, -0.2) is 0 Å². The van der Waals surface area contributed by atoms with Crippen LogP contribution in [-0.2, 0) is 14.3 Å². The van der Waals surface area contributed by atoms with E-state index in [-0.39, 0.29) is 36.4 Å². The maximum absolute atomic E-state index is 11.9. The van der Waals surface area contributed by atoms with Crippen molar-refractivity contribution in [3.63, 3.8) is 0 Å². The molecule has 0 aliphatic carbocycles. The Labute approximate surface area is 136 Å². The maximum Gasteiger partial charge on any atom is 0.325 e. The number of carbonyl (C=O) groups is 3. The number of hydrogen-bond donors (Lipinski definition) is 3. The van der Waals surface area contributed by atoms with Crippen molar-refractivity contribution < 1.29 is 29.2 Å². The Morgan fingerprint density at radius 1 is 1.33 bits per heavy atom. The Kier molecular flexibility index (Phi) is 7.14. The second-order valence-electron chi connectivity index (χ2n) is 4.67. The summed E-state index contributed by atoms with van der Waals surface area (Å²) in [5, 5.41) is 24.7. The first-order chi connectivity index (χ1) is 11.3. The molecule has 0 aromatic heterocycles. The lowest BCUT2D eigenvalue weighted by Gasteiger charge is -2.08.